The van der Waals surface area contributed by atoms with Crippen LogP contribution in [-0.2, 0) is 9.59 Å². The van der Waals surface area contributed by atoms with Gasteiger partial charge in [0, 0.05) is 37.8 Å². The third-order valence-corrected chi connectivity index (χ3v) is 4.84. The third-order valence-electron chi connectivity index (χ3n) is 4.84. The second-order valence-corrected chi connectivity index (χ2v) is 6.38. The molecule has 0 bridgehead atoms. The summed E-state index contributed by atoms with van der Waals surface area (Å²) >= 11 is 0. The zero-order chi connectivity index (χ0) is 16.9. The van der Waals surface area contributed by atoms with Crippen LogP contribution in [0.25, 0.3) is 0 Å². The van der Waals surface area contributed by atoms with Gasteiger partial charge in [-0.3, -0.25) is 9.59 Å². The maximum absolute atomic E-state index is 12.2. The normalized spacial score (nSPS) is 18.2. The van der Waals surface area contributed by atoms with Gasteiger partial charge in [0.05, 0.1) is 0 Å². The molecule has 2 fully saturated rings. The Morgan fingerprint density at radius 2 is 1.88 bits per heavy atom. The van der Waals surface area contributed by atoms with Crippen LogP contribution in [0.3, 0.4) is 0 Å². The summed E-state index contributed by atoms with van der Waals surface area (Å²) in [5.41, 5.74) is 0.894. The summed E-state index contributed by atoms with van der Waals surface area (Å²) in [7, 11) is 1.96. The number of hydrogen-bond acceptors (Lipinski definition) is 4. The molecule has 0 atom stereocenters. The second-order valence-electron chi connectivity index (χ2n) is 6.38. The maximum Gasteiger partial charge on any atom is 0.260 e. The Morgan fingerprint density at radius 3 is 2.44 bits per heavy atom. The number of benzene rings is 1. The van der Waals surface area contributed by atoms with Gasteiger partial charge >= 0.3 is 0 Å². The number of ether oxygens (including phenoxy) is 1. The third kappa shape index (κ3) is 4.86. The average molecular weight is 368 g/mol. The smallest absolute Gasteiger partial charge is 0.260 e. The number of nitrogens with one attached hydrogen (secondary N) is 1. The molecule has 0 unspecified atom stereocenters. The number of halogens is 1. The Balaban J connectivity index is 0.00000225. The summed E-state index contributed by atoms with van der Waals surface area (Å²) < 4.78 is 5.61. The van der Waals surface area contributed by atoms with E-state index in [-0.39, 0.29) is 30.8 Å². The van der Waals surface area contributed by atoms with Crippen LogP contribution >= 0.6 is 12.4 Å². The van der Waals surface area contributed by atoms with E-state index in [2.05, 4.69) is 5.32 Å². The van der Waals surface area contributed by atoms with Gasteiger partial charge in [0.2, 0.25) is 5.91 Å². The molecule has 1 N–H and O–H groups in total. The van der Waals surface area contributed by atoms with E-state index in [1.54, 1.807) is 4.90 Å². The molecule has 0 aromatic heterocycles. The lowest BCUT2D eigenvalue weighted by atomic mass is 10.1. The SMILES string of the molecule is CNC1CCN(C(=O)COc2ccc(N3CCCC3=O)cc2)CC1.Cl. The first kappa shape index (κ1) is 19.5. The van der Waals surface area contributed by atoms with Crippen molar-refractivity contribution >= 4 is 29.9 Å². The van der Waals surface area contributed by atoms with Crippen LogP contribution in [0.15, 0.2) is 24.3 Å². The molecule has 0 saturated carbocycles. The van der Waals surface area contributed by atoms with Crippen LogP contribution in [0, 0.1) is 0 Å². The molecular formula is C18H26ClN3O3. The highest BCUT2D eigenvalue weighted by molar-refractivity contribution is 5.95. The van der Waals surface area contributed by atoms with Gasteiger partial charge in [-0.05, 0) is 50.6 Å². The van der Waals surface area contributed by atoms with Crippen molar-refractivity contribution < 1.29 is 14.3 Å². The van der Waals surface area contributed by atoms with Crippen molar-refractivity contribution in [2.24, 2.45) is 0 Å². The zero-order valence-corrected chi connectivity index (χ0v) is 15.4. The van der Waals surface area contributed by atoms with Crippen molar-refractivity contribution in [2.75, 3.05) is 38.2 Å². The number of carbonyl (C=O) groups is 2. The summed E-state index contributed by atoms with van der Waals surface area (Å²) in [6, 6.07) is 7.90. The van der Waals surface area contributed by atoms with E-state index in [0.29, 0.717) is 18.2 Å². The predicted molar refractivity (Wildman–Crippen MR) is 99.4 cm³/mol. The zero-order valence-electron chi connectivity index (χ0n) is 14.6. The molecule has 2 amide bonds. The maximum atomic E-state index is 12.2. The molecule has 6 nitrogen and oxygen atoms in total. The first-order chi connectivity index (χ1) is 11.7. The van der Waals surface area contributed by atoms with Gasteiger partial charge in [0.15, 0.2) is 6.61 Å². The first-order valence-corrected chi connectivity index (χ1v) is 8.65. The molecule has 2 aliphatic heterocycles. The summed E-state index contributed by atoms with van der Waals surface area (Å²) in [4.78, 5) is 27.6. The Bertz CT molecular complexity index is 586. The van der Waals surface area contributed by atoms with E-state index in [1.807, 2.05) is 36.2 Å². The Kier molecular flexibility index (Phi) is 7.08. The van der Waals surface area contributed by atoms with Gasteiger partial charge in [-0.2, -0.15) is 0 Å². The minimum atomic E-state index is 0. The van der Waals surface area contributed by atoms with Crippen molar-refractivity contribution in [2.45, 2.75) is 31.7 Å². The number of carbonyl (C=O) groups excluding carboxylic acids is 2. The highest BCUT2D eigenvalue weighted by atomic mass is 35.5. The Hall–Kier alpha value is -1.79. The molecule has 2 aliphatic rings. The summed E-state index contributed by atoms with van der Waals surface area (Å²) in [5, 5.41) is 3.26. The highest BCUT2D eigenvalue weighted by Crippen LogP contribution is 2.24. The van der Waals surface area contributed by atoms with E-state index in [4.69, 9.17) is 4.74 Å². The average Bonchev–Trinajstić information content (AvgIpc) is 3.06. The van der Waals surface area contributed by atoms with Gasteiger partial charge in [0.25, 0.3) is 5.91 Å². The predicted octanol–water partition coefficient (Wildman–Crippen LogP) is 1.82. The molecule has 1 aromatic carbocycles. The van der Waals surface area contributed by atoms with Gasteiger partial charge in [-0.15, -0.1) is 12.4 Å². The molecule has 3 rings (SSSR count). The fraction of sp³-hybridized carbons (Fsp3) is 0.556. The lowest BCUT2D eigenvalue weighted by Crippen LogP contribution is -2.45. The van der Waals surface area contributed by atoms with Gasteiger partial charge in [-0.1, -0.05) is 0 Å². The number of rotatable bonds is 5. The van der Waals surface area contributed by atoms with Crippen molar-refractivity contribution in [3.63, 3.8) is 0 Å². The minimum Gasteiger partial charge on any atom is -0.484 e. The molecule has 0 aliphatic carbocycles. The van der Waals surface area contributed by atoms with E-state index in [1.165, 1.54) is 0 Å². The van der Waals surface area contributed by atoms with E-state index >= 15 is 0 Å². The Morgan fingerprint density at radius 1 is 1.20 bits per heavy atom. The molecule has 1 aromatic rings. The quantitative estimate of drug-likeness (QED) is 0.862. The van der Waals surface area contributed by atoms with E-state index in [9.17, 15) is 9.59 Å². The number of amides is 2. The monoisotopic (exact) mass is 367 g/mol. The molecule has 2 saturated heterocycles. The number of nitrogens with zero attached hydrogens (tertiary/aromatic N) is 2. The Labute approximate surface area is 154 Å². The number of hydrogen-bond donors (Lipinski definition) is 1. The van der Waals surface area contributed by atoms with Crippen molar-refractivity contribution in [1.29, 1.82) is 0 Å². The van der Waals surface area contributed by atoms with Crippen LogP contribution in [0.1, 0.15) is 25.7 Å². The van der Waals surface area contributed by atoms with Crippen molar-refractivity contribution in [1.82, 2.24) is 10.2 Å². The van der Waals surface area contributed by atoms with Gasteiger partial charge < -0.3 is 19.9 Å². The van der Waals surface area contributed by atoms with E-state index < -0.39 is 0 Å². The number of anilines is 1. The second kappa shape index (κ2) is 9.06. The standard InChI is InChI=1S/C18H25N3O3.ClH/c1-19-14-8-11-20(12-9-14)18(23)13-24-16-6-4-15(5-7-16)21-10-2-3-17(21)22;/h4-7,14,19H,2-3,8-13H2,1H3;1H. The van der Waals surface area contributed by atoms with Crippen LogP contribution < -0.4 is 15.0 Å². The fourth-order valence-corrected chi connectivity index (χ4v) is 3.30. The molecular weight excluding hydrogens is 342 g/mol. The van der Waals surface area contributed by atoms with Gasteiger partial charge in [-0.25, -0.2) is 0 Å². The molecule has 7 heteroatoms. The lowest BCUT2D eigenvalue weighted by molar-refractivity contribution is -0.134. The van der Waals surface area contributed by atoms with E-state index in [0.717, 1.165) is 44.6 Å². The summed E-state index contributed by atoms with van der Waals surface area (Å²) in [5.74, 6) is 0.857. The summed E-state index contributed by atoms with van der Waals surface area (Å²) in [6.07, 6.45) is 3.51. The minimum absolute atomic E-state index is 0. The molecule has 25 heavy (non-hydrogen) atoms. The highest BCUT2D eigenvalue weighted by Gasteiger charge is 2.23. The summed E-state index contributed by atoms with van der Waals surface area (Å²) in [6.45, 7) is 2.40. The first-order valence-electron chi connectivity index (χ1n) is 8.65. The molecule has 138 valence electrons. The fourth-order valence-electron chi connectivity index (χ4n) is 3.30. The van der Waals surface area contributed by atoms with Crippen LogP contribution in [-0.4, -0.2) is 56.0 Å². The molecule has 2 heterocycles. The molecule has 0 spiro atoms. The van der Waals surface area contributed by atoms with Gasteiger partial charge in [0.1, 0.15) is 5.75 Å². The van der Waals surface area contributed by atoms with Crippen molar-refractivity contribution in [3.05, 3.63) is 24.3 Å². The van der Waals surface area contributed by atoms with Crippen LogP contribution in [0.2, 0.25) is 0 Å². The lowest BCUT2D eigenvalue weighted by Gasteiger charge is -2.31. The largest absolute Gasteiger partial charge is 0.484 e. The topological polar surface area (TPSA) is 61.9 Å². The molecule has 0 radical (unpaired) electrons. The number of likely N-dealkylation sites (tertiary alicyclic amines) is 1. The van der Waals surface area contributed by atoms with Crippen LogP contribution in [0.4, 0.5) is 5.69 Å². The van der Waals surface area contributed by atoms with Crippen molar-refractivity contribution in [3.8, 4) is 5.75 Å². The van der Waals surface area contributed by atoms with Crippen LogP contribution in [0.5, 0.6) is 5.75 Å². The number of piperidine rings is 1.